The summed E-state index contributed by atoms with van der Waals surface area (Å²) < 4.78 is 40.5. The van der Waals surface area contributed by atoms with Gasteiger partial charge >= 0.3 is 0 Å². The van der Waals surface area contributed by atoms with Gasteiger partial charge in [0.25, 0.3) is 0 Å². The highest BCUT2D eigenvalue weighted by molar-refractivity contribution is 7.89. The first-order chi connectivity index (χ1) is 11.3. The van der Waals surface area contributed by atoms with Crippen LogP contribution in [0.25, 0.3) is 0 Å². The Labute approximate surface area is 145 Å². The Hall–Kier alpha value is -1.96. The molecule has 128 valence electrons. The molecule has 0 unspecified atom stereocenters. The molecule has 0 fully saturated rings. The zero-order valence-corrected chi connectivity index (χ0v) is 14.4. The molecule has 1 N–H and O–H groups in total. The van der Waals surface area contributed by atoms with Gasteiger partial charge in [0.05, 0.1) is 10.6 Å². The van der Waals surface area contributed by atoms with Gasteiger partial charge in [-0.3, -0.25) is 4.79 Å². The summed E-state index contributed by atoms with van der Waals surface area (Å²) >= 11 is 5.73. The fraction of sp³-hybridized carbons (Fsp3) is 0.188. The molecule has 2 aromatic carbocycles. The van der Waals surface area contributed by atoms with Crippen molar-refractivity contribution >= 4 is 33.2 Å². The van der Waals surface area contributed by atoms with E-state index in [0.29, 0.717) is 5.02 Å². The van der Waals surface area contributed by atoms with Gasteiger partial charge in [0.2, 0.25) is 15.9 Å². The Morgan fingerprint density at radius 3 is 2.38 bits per heavy atom. The molecule has 0 heterocycles. The van der Waals surface area contributed by atoms with E-state index in [-0.39, 0.29) is 29.6 Å². The van der Waals surface area contributed by atoms with Crippen molar-refractivity contribution in [3.8, 4) is 0 Å². The fourth-order valence-electron chi connectivity index (χ4n) is 2.11. The Kier molecular flexibility index (Phi) is 5.93. The summed E-state index contributed by atoms with van der Waals surface area (Å²) in [6, 6.07) is 11.5. The molecular formula is C16H16ClFN2O3S. The number of hydrogen-bond acceptors (Lipinski definition) is 3. The van der Waals surface area contributed by atoms with E-state index in [1.165, 1.54) is 54.3 Å². The molecule has 0 saturated carbocycles. The molecule has 8 heteroatoms. The first-order valence-electron chi connectivity index (χ1n) is 7.09. The molecule has 0 aliphatic carbocycles. The minimum atomic E-state index is -3.73. The Morgan fingerprint density at radius 1 is 1.17 bits per heavy atom. The Balaban J connectivity index is 2.07. The number of benzene rings is 2. The van der Waals surface area contributed by atoms with E-state index >= 15 is 0 Å². The number of anilines is 1. The molecule has 0 saturated heterocycles. The molecule has 0 aliphatic heterocycles. The number of amides is 1. The van der Waals surface area contributed by atoms with Crippen LogP contribution in [0.1, 0.15) is 6.92 Å². The molecular weight excluding hydrogens is 355 g/mol. The summed E-state index contributed by atoms with van der Waals surface area (Å²) in [7, 11) is -3.73. The van der Waals surface area contributed by atoms with Crippen LogP contribution in [-0.4, -0.2) is 27.4 Å². The van der Waals surface area contributed by atoms with Crippen LogP contribution in [0.3, 0.4) is 0 Å². The largest absolute Gasteiger partial charge is 0.309 e. The van der Waals surface area contributed by atoms with Crippen LogP contribution in [0.4, 0.5) is 10.1 Å². The predicted molar refractivity (Wildman–Crippen MR) is 91.1 cm³/mol. The summed E-state index contributed by atoms with van der Waals surface area (Å²) in [5.41, 5.74) is 0.107. The van der Waals surface area contributed by atoms with Gasteiger partial charge in [-0.25, -0.2) is 17.5 Å². The van der Waals surface area contributed by atoms with Gasteiger partial charge in [0, 0.05) is 25.0 Å². The molecule has 0 aromatic heterocycles. The van der Waals surface area contributed by atoms with Crippen molar-refractivity contribution in [3.63, 3.8) is 0 Å². The number of halogens is 2. The number of carbonyl (C=O) groups is 1. The SMILES string of the molecule is CC(=O)N(CCNS(=O)(=O)c1ccc(Cl)cc1)c1ccccc1F. The number of hydrogen-bond donors (Lipinski definition) is 1. The lowest BCUT2D eigenvalue weighted by Gasteiger charge is -2.21. The molecule has 0 spiro atoms. The maximum Gasteiger partial charge on any atom is 0.240 e. The van der Waals surface area contributed by atoms with E-state index in [2.05, 4.69) is 4.72 Å². The molecule has 24 heavy (non-hydrogen) atoms. The van der Waals surface area contributed by atoms with E-state index in [1.807, 2.05) is 0 Å². The highest BCUT2D eigenvalue weighted by atomic mass is 35.5. The second-order valence-corrected chi connectivity index (χ2v) is 7.18. The molecule has 0 aliphatic rings. The summed E-state index contributed by atoms with van der Waals surface area (Å²) in [4.78, 5) is 13.0. The smallest absolute Gasteiger partial charge is 0.240 e. The van der Waals surface area contributed by atoms with Crippen LogP contribution in [0.15, 0.2) is 53.4 Å². The average molecular weight is 371 g/mol. The van der Waals surface area contributed by atoms with E-state index in [9.17, 15) is 17.6 Å². The standard InChI is InChI=1S/C16H16ClFN2O3S/c1-12(21)20(16-5-3-2-4-15(16)18)11-10-19-24(22,23)14-8-6-13(17)7-9-14/h2-9,19H,10-11H2,1H3. The maximum absolute atomic E-state index is 13.8. The molecule has 0 bridgehead atoms. The van der Waals surface area contributed by atoms with Crippen LogP contribution in [0.5, 0.6) is 0 Å². The summed E-state index contributed by atoms with van der Waals surface area (Å²) in [5, 5.41) is 0.427. The Morgan fingerprint density at radius 2 is 1.79 bits per heavy atom. The summed E-state index contributed by atoms with van der Waals surface area (Å²) in [5.74, 6) is -0.931. The minimum absolute atomic E-state index is 0.00306. The number of sulfonamides is 1. The lowest BCUT2D eigenvalue weighted by molar-refractivity contribution is -0.116. The minimum Gasteiger partial charge on any atom is -0.309 e. The summed E-state index contributed by atoms with van der Waals surface area (Å²) in [6.07, 6.45) is 0. The number of nitrogens with zero attached hydrogens (tertiary/aromatic N) is 1. The zero-order valence-electron chi connectivity index (χ0n) is 12.9. The highest BCUT2D eigenvalue weighted by Crippen LogP contribution is 2.18. The van der Waals surface area contributed by atoms with Gasteiger partial charge in [-0.1, -0.05) is 23.7 Å². The van der Waals surface area contributed by atoms with Gasteiger partial charge in [-0.2, -0.15) is 0 Å². The summed E-state index contributed by atoms with van der Waals surface area (Å²) in [6.45, 7) is 1.24. The van der Waals surface area contributed by atoms with Gasteiger partial charge < -0.3 is 4.90 Å². The third-order valence-electron chi connectivity index (χ3n) is 3.27. The second-order valence-electron chi connectivity index (χ2n) is 4.97. The van der Waals surface area contributed by atoms with E-state index in [4.69, 9.17) is 11.6 Å². The number of para-hydroxylation sites is 1. The molecule has 5 nitrogen and oxygen atoms in total. The zero-order chi connectivity index (χ0) is 17.7. The van der Waals surface area contributed by atoms with Crippen LogP contribution in [0, 0.1) is 5.82 Å². The number of nitrogens with one attached hydrogen (secondary N) is 1. The van der Waals surface area contributed by atoms with Crippen molar-refractivity contribution in [1.82, 2.24) is 4.72 Å². The van der Waals surface area contributed by atoms with Crippen molar-refractivity contribution in [2.45, 2.75) is 11.8 Å². The Bertz CT molecular complexity index is 825. The molecule has 0 radical (unpaired) electrons. The molecule has 2 rings (SSSR count). The van der Waals surface area contributed by atoms with Gasteiger partial charge in [-0.05, 0) is 36.4 Å². The number of rotatable bonds is 6. The quantitative estimate of drug-likeness (QED) is 0.850. The van der Waals surface area contributed by atoms with Crippen LogP contribution in [-0.2, 0) is 14.8 Å². The molecule has 0 atom stereocenters. The lowest BCUT2D eigenvalue weighted by Crippen LogP contribution is -2.38. The van der Waals surface area contributed by atoms with Crippen molar-refractivity contribution < 1.29 is 17.6 Å². The van der Waals surface area contributed by atoms with Crippen LogP contribution < -0.4 is 9.62 Å². The normalized spacial score (nSPS) is 11.3. The maximum atomic E-state index is 13.8. The van der Waals surface area contributed by atoms with E-state index in [0.717, 1.165) is 0 Å². The van der Waals surface area contributed by atoms with Crippen LogP contribution >= 0.6 is 11.6 Å². The van der Waals surface area contributed by atoms with Crippen molar-refractivity contribution in [2.75, 3.05) is 18.0 Å². The lowest BCUT2D eigenvalue weighted by atomic mass is 10.2. The van der Waals surface area contributed by atoms with Crippen LogP contribution in [0.2, 0.25) is 5.02 Å². The van der Waals surface area contributed by atoms with Crippen molar-refractivity contribution in [3.05, 3.63) is 59.4 Å². The topological polar surface area (TPSA) is 66.5 Å². The monoisotopic (exact) mass is 370 g/mol. The highest BCUT2D eigenvalue weighted by Gasteiger charge is 2.18. The second kappa shape index (κ2) is 7.74. The first-order valence-corrected chi connectivity index (χ1v) is 8.95. The third-order valence-corrected chi connectivity index (χ3v) is 5.00. The van der Waals surface area contributed by atoms with Gasteiger partial charge in [0.15, 0.2) is 0 Å². The molecule has 2 aromatic rings. The third kappa shape index (κ3) is 4.53. The van der Waals surface area contributed by atoms with Gasteiger partial charge in [0.1, 0.15) is 5.82 Å². The molecule has 1 amide bonds. The van der Waals surface area contributed by atoms with Crippen molar-refractivity contribution in [1.29, 1.82) is 0 Å². The fourth-order valence-corrected chi connectivity index (χ4v) is 3.25. The van der Waals surface area contributed by atoms with Crippen molar-refractivity contribution in [2.24, 2.45) is 0 Å². The van der Waals surface area contributed by atoms with E-state index < -0.39 is 15.8 Å². The average Bonchev–Trinajstić information content (AvgIpc) is 2.53. The first kappa shape index (κ1) is 18.4. The number of carbonyl (C=O) groups excluding carboxylic acids is 1. The predicted octanol–water partition coefficient (Wildman–Crippen LogP) is 2.81. The van der Waals surface area contributed by atoms with E-state index in [1.54, 1.807) is 6.07 Å². The van der Waals surface area contributed by atoms with Gasteiger partial charge in [-0.15, -0.1) is 0 Å².